The molecule has 3 aromatic rings. The van der Waals surface area contributed by atoms with Crippen LogP contribution in [0.4, 0.5) is 10.6 Å². The van der Waals surface area contributed by atoms with Crippen molar-refractivity contribution in [2.45, 2.75) is 64.8 Å². The molecule has 10 heteroatoms. The van der Waals surface area contributed by atoms with E-state index in [-0.39, 0.29) is 6.04 Å². The van der Waals surface area contributed by atoms with Gasteiger partial charge in [-0.3, -0.25) is 4.90 Å². The molecule has 1 fully saturated rings. The van der Waals surface area contributed by atoms with Gasteiger partial charge in [0.1, 0.15) is 23.3 Å². The molecular weight excluding hydrogens is 484 g/mol. The highest BCUT2D eigenvalue weighted by Crippen LogP contribution is 2.30. The molecule has 0 aliphatic carbocycles. The number of para-hydroxylation sites is 1. The predicted octanol–water partition coefficient (Wildman–Crippen LogP) is 3.98. The number of carbonyl (C=O) groups excluding carboxylic acids is 2. The largest absolute Gasteiger partial charge is 0.467 e. The van der Waals surface area contributed by atoms with Crippen LogP contribution in [0.5, 0.6) is 0 Å². The van der Waals surface area contributed by atoms with E-state index in [1.54, 1.807) is 20.8 Å². The van der Waals surface area contributed by atoms with Gasteiger partial charge in [0, 0.05) is 31.1 Å². The number of hydrogen-bond acceptors (Lipinski definition) is 8. The first-order valence-electron chi connectivity index (χ1n) is 13.0. The Morgan fingerprint density at radius 2 is 1.89 bits per heavy atom. The molecule has 10 nitrogen and oxygen atoms in total. The number of rotatable bonds is 8. The number of hydrogen-bond donors (Lipinski definition) is 2. The topological polar surface area (TPSA) is 111 Å². The second-order valence-electron chi connectivity index (χ2n) is 10.6. The maximum atomic E-state index is 12.8. The number of fused-ring (bicyclic) bond motifs is 1. The van der Waals surface area contributed by atoms with E-state index in [1.807, 2.05) is 44.3 Å². The SMILES string of the molecule is CNCCCn1c(C)nc2cccc(-c3cccc(N[C@H]4C[C@@H](C(=O)OC)N(C(=O)OC(C)(C)C)C4)n3)c21. The van der Waals surface area contributed by atoms with Crippen molar-refractivity contribution in [3.05, 3.63) is 42.2 Å². The zero-order chi connectivity index (χ0) is 27.4. The third-order valence-electron chi connectivity index (χ3n) is 6.55. The van der Waals surface area contributed by atoms with E-state index in [0.717, 1.165) is 47.6 Å². The minimum Gasteiger partial charge on any atom is -0.467 e. The van der Waals surface area contributed by atoms with Crippen LogP contribution in [-0.2, 0) is 20.8 Å². The average Bonchev–Trinajstić information content (AvgIpc) is 3.43. The summed E-state index contributed by atoms with van der Waals surface area (Å²) in [6, 6.07) is 11.0. The van der Waals surface area contributed by atoms with Crippen LogP contribution in [0.25, 0.3) is 22.3 Å². The Labute approximate surface area is 223 Å². The molecule has 1 aliphatic rings. The Hall–Kier alpha value is -3.66. The molecule has 4 rings (SSSR count). The summed E-state index contributed by atoms with van der Waals surface area (Å²) in [5, 5.41) is 6.62. The van der Waals surface area contributed by atoms with Gasteiger partial charge in [-0.25, -0.2) is 19.6 Å². The summed E-state index contributed by atoms with van der Waals surface area (Å²) >= 11 is 0. The molecule has 3 heterocycles. The lowest BCUT2D eigenvalue weighted by molar-refractivity contribution is -0.145. The molecule has 204 valence electrons. The van der Waals surface area contributed by atoms with Gasteiger partial charge >= 0.3 is 12.1 Å². The molecule has 0 saturated carbocycles. The molecule has 1 aromatic carbocycles. The molecule has 2 aromatic heterocycles. The molecule has 2 N–H and O–H groups in total. The van der Waals surface area contributed by atoms with E-state index < -0.39 is 23.7 Å². The minimum absolute atomic E-state index is 0.195. The molecule has 1 aliphatic heterocycles. The lowest BCUT2D eigenvalue weighted by Crippen LogP contribution is -2.44. The lowest BCUT2D eigenvalue weighted by atomic mass is 10.1. The van der Waals surface area contributed by atoms with Crippen LogP contribution < -0.4 is 10.6 Å². The number of methoxy groups -OCH3 is 1. The molecule has 0 radical (unpaired) electrons. The number of ether oxygens (including phenoxy) is 2. The predicted molar refractivity (Wildman–Crippen MR) is 147 cm³/mol. The van der Waals surface area contributed by atoms with Crippen LogP contribution in [0.3, 0.4) is 0 Å². The molecular formula is C28H38N6O4. The van der Waals surface area contributed by atoms with E-state index >= 15 is 0 Å². The maximum Gasteiger partial charge on any atom is 0.411 e. The Morgan fingerprint density at radius 3 is 2.61 bits per heavy atom. The fourth-order valence-corrected chi connectivity index (χ4v) is 4.89. The van der Waals surface area contributed by atoms with Crippen LogP contribution in [-0.4, -0.2) is 76.4 Å². The zero-order valence-electron chi connectivity index (χ0n) is 23.1. The minimum atomic E-state index is -0.723. The number of aryl methyl sites for hydroxylation is 2. The maximum absolute atomic E-state index is 12.8. The number of amides is 1. The summed E-state index contributed by atoms with van der Waals surface area (Å²) in [4.78, 5) is 36.4. The zero-order valence-corrected chi connectivity index (χ0v) is 23.1. The molecule has 0 spiro atoms. The van der Waals surface area contributed by atoms with E-state index in [9.17, 15) is 9.59 Å². The monoisotopic (exact) mass is 522 g/mol. The smallest absolute Gasteiger partial charge is 0.411 e. The molecule has 2 atom stereocenters. The molecule has 1 saturated heterocycles. The molecule has 0 bridgehead atoms. The number of likely N-dealkylation sites (tertiary alicyclic amines) is 1. The van der Waals surface area contributed by atoms with Gasteiger partial charge in [0.15, 0.2) is 0 Å². The number of nitrogens with one attached hydrogen (secondary N) is 2. The van der Waals surface area contributed by atoms with Gasteiger partial charge in [-0.05, 0) is 65.9 Å². The Bertz CT molecular complexity index is 1300. The number of imidazole rings is 1. The van der Waals surface area contributed by atoms with Crippen molar-refractivity contribution in [2.75, 3.05) is 32.6 Å². The van der Waals surface area contributed by atoms with Crippen LogP contribution in [0.1, 0.15) is 39.4 Å². The first-order chi connectivity index (χ1) is 18.1. The highest BCUT2D eigenvalue weighted by molar-refractivity contribution is 5.92. The third-order valence-corrected chi connectivity index (χ3v) is 6.55. The Kier molecular flexibility index (Phi) is 8.20. The summed E-state index contributed by atoms with van der Waals surface area (Å²) in [5.41, 5.74) is 3.16. The van der Waals surface area contributed by atoms with Crippen LogP contribution in [0.15, 0.2) is 36.4 Å². The van der Waals surface area contributed by atoms with Crippen molar-refractivity contribution in [1.82, 2.24) is 24.8 Å². The molecule has 0 unspecified atom stereocenters. The van der Waals surface area contributed by atoms with E-state index in [4.69, 9.17) is 19.4 Å². The first kappa shape index (κ1) is 27.4. The number of esters is 1. The van der Waals surface area contributed by atoms with Crippen molar-refractivity contribution < 1.29 is 19.1 Å². The fourth-order valence-electron chi connectivity index (χ4n) is 4.89. The summed E-state index contributed by atoms with van der Waals surface area (Å²) < 4.78 is 12.8. The van der Waals surface area contributed by atoms with Crippen molar-refractivity contribution >= 4 is 28.9 Å². The van der Waals surface area contributed by atoms with Gasteiger partial charge < -0.3 is 24.7 Å². The summed E-state index contributed by atoms with van der Waals surface area (Å²) in [7, 11) is 3.28. The van der Waals surface area contributed by atoms with Gasteiger partial charge in [0.25, 0.3) is 0 Å². The van der Waals surface area contributed by atoms with Gasteiger partial charge in [0.2, 0.25) is 0 Å². The van der Waals surface area contributed by atoms with Crippen molar-refractivity contribution in [3.63, 3.8) is 0 Å². The Morgan fingerprint density at radius 1 is 1.13 bits per heavy atom. The summed E-state index contributed by atoms with van der Waals surface area (Å²) in [5.74, 6) is 1.17. The number of pyridine rings is 1. The van der Waals surface area contributed by atoms with Gasteiger partial charge in [0.05, 0.1) is 23.8 Å². The number of carbonyl (C=O) groups is 2. The van der Waals surface area contributed by atoms with E-state index in [0.29, 0.717) is 18.8 Å². The number of aromatic nitrogens is 3. The van der Waals surface area contributed by atoms with Gasteiger partial charge in [-0.15, -0.1) is 0 Å². The molecule has 38 heavy (non-hydrogen) atoms. The normalized spacial score (nSPS) is 17.6. The summed E-state index contributed by atoms with van der Waals surface area (Å²) in [6.45, 7) is 9.51. The highest BCUT2D eigenvalue weighted by atomic mass is 16.6. The number of nitrogens with zero attached hydrogens (tertiary/aromatic N) is 4. The highest BCUT2D eigenvalue weighted by Gasteiger charge is 2.42. The molecule has 1 amide bonds. The number of benzene rings is 1. The third kappa shape index (κ3) is 6.07. The van der Waals surface area contributed by atoms with Crippen LogP contribution in [0.2, 0.25) is 0 Å². The van der Waals surface area contributed by atoms with E-state index in [1.165, 1.54) is 12.0 Å². The standard InChI is InChI=1S/C28H38N6O4/c1-18-30-22-12-7-10-20(25(22)33(18)15-9-14-29-5)21-11-8-13-24(32-21)31-19-16-23(26(35)37-6)34(17-19)27(36)38-28(2,3)4/h7-8,10-13,19,23,29H,9,14-17H2,1-6H3,(H,31,32)/t19-,23-/m0/s1. The second-order valence-corrected chi connectivity index (χ2v) is 10.6. The van der Waals surface area contributed by atoms with Crippen molar-refractivity contribution in [2.24, 2.45) is 0 Å². The summed E-state index contributed by atoms with van der Waals surface area (Å²) in [6.07, 6.45) is 0.848. The van der Waals surface area contributed by atoms with Crippen LogP contribution in [0, 0.1) is 6.92 Å². The number of anilines is 1. The quantitative estimate of drug-likeness (QED) is 0.338. The van der Waals surface area contributed by atoms with Crippen LogP contribution >= 0.6 is 0 Å². The van der Waals surface area contributed by atoms with Crippen molar-refractivity contribution in [1.29, 1.82) is 0 Å². The fraction of sp³-hybridized carbons (Fsp3) is 0.500. The Balaban J connectivity index is 1.58. The lowest BCUT2D eigenvalue weighted by Gasteiger charge is -2.27. The van der Waals surface area contributed by atoms with Gasteiger partial charge in [-0.2, -0.15) is 0 Å². The first-order valence-corrected chi connectivity index (χ1v) is 13.0. The van der Waals surface area contributed by atoms with Crippen molar-refractivity contribution in [3.8, 4) is 11.3 Å². The van der Waals surface area contributed by atoms with E-state index in [2.05, 4.69) is 21.3 Å². The van der Waals surface area contributed by atoms with Gasteiger partial charge in [-0.1, -0.05) is 18.2 Å². The second kappa shape index (κ2) is 11.4. The average molecular weight is 523 g/mol.